The van der Waals surface area contributed by atoms with Crippen molar-refractivity contribution in [1.82, 2.24) is 4.90 Å². The fourth-order valence-corrected chi connectivity index (χ4v) is 1.78. The highest BCUT2D eigenvalue weighted by atomic mass is 16.6. The van der Waals surface area contributed by atoms with Crippen LogP contribution in [0.5, 0.6) is 0 Å². The van der Waals surface area contributed by atoms with Gasteiger partial charge in [-0.2, -0.15) is 0 Å². The Morgan fingerprint density at radius 1 is 1.64 bits per heavy atom. The zero-order valence-corrected chi connectivity index (χ0v) is 9.06. The Kier molecular flexibility index (Phi) is 3.75. The van der Waals surface area contributed by atoms with Crippen molar-refractivity contribution in [3.63, 3.8) is 0 Å². The van der Waals surface area contributed by atoms with Crippen molar-refractivity contribution in [2.45, 2.75) is 39.3 Å². The number of likely N-dealkylation sites (tertiary alicyclic amines) is 1. The van der Waals surface area contributed by atoms with E-state index >= 15 is 0 Å². The van der Waals surface area contributed by atoms with Gasteiger partial charge in [0.2, 0.25) is 0 Å². The van der Waals surface area contributed by atoms with Crippen LogP contribution >= 0.6 is 0 Å². The van der Waals surface area contributed by atoms with Gasteiger partial charge in [0.25, 0.3) is 0 Å². The van der Waals surface area contributed by atoms with Crippen LogP contribution in [-0.2, 0) is 4.74 Å². The number of carbonyl (C=O) groups excluding carboxylic acids is 1. The first-order valence-corrected chi connectivity index (χ1v) is 5.14. The highest BCUT2D eigenvalue weighted by molar-refractivity contribution is 5.68. The molecule has 1 rings (SSSR count). The third-order valence-electron chi connectivity index (χ3n) is 2.64. The number of ether oxygens (including phenoxy) is 1. The van der Waals surface area contributed by atoms with Crippen LogP contribution in [0.1, 0.15) is 27.2 Å². The summed E-state index contributed by atoms with van der Waals surface area (Å²) in [4.78, 5) is 13.2. The summed E-state index contributed by atoms with van der Waals surface area (Å²) in [5, 5.41) is 9.14. The molecule has 0 spiro atoms. The Balaban J connectivity index is 2.55. The Labute approximate surface area is 84.8 Å². The first-order valence-electron chi connectivity index (χ1n) is 5.14. The van der Waals surface area contributed by atoms with Crippen LogP contribution in [0.15, 0.2) is 0 Å². The summed E-state index contributed by atoms with van der Waals surface area (Å²) in [6.07, 6.45) is 0.541. The van der Waals surface area contributed by atoms with Crippen molar-refractivity contribution in [2.24, 2.45) is 5.92 Å². The molecule has 4 heteroatoms. The third kappa shape index (κ3) is 2.38. The van der Waals surface area contributed by atoms with Crippen molar-refractivity contribution in [1.29, 1.82) is 0 Å². The number of carbonyl (C=O) groups is 1. The van der Waals surface area contributed by atoms with Crippen molar-refractivity contribution >= 4 is 6.09 Å². The van der Waals surface area contributed by atoms with Gasteiger partial charge >= 0.3 is 6.09 Å². The SMILES string of the molecule is CC(C)OC(=O)N1CCC(C)C1CO. The number of hydrogen-bond acceptors (Lipinski definition) is 3. The van der Waals surface area contributed by atoms with E-state index in [4.69, 9.17) is 9.84 Å². The quantitative estimate of drug-likeness (QED) is 0.731. The monoisotopic (exact) mass is 201 g/mol. The van der Waals surface area contributed by atoms with E-state index in [0.29, 0.717) is 12.5 Å². The number of hydrogen-bond donors (Lipinski definition) is 1. The summed E-state index contributed by atoms with van der Waals surface area (Å²) < 4.78 is 5.09. The Hall–Kier alpha value is -0.770. The van der Waals surface area contributed by atoms with E-state index in [1.807, 2.05) is 20.8 Å². The van der Waals surface area contributed by atoms with Crippen LogP contribution < -0.4 is 0 Å². The van der Waals surface area contributed by atoms with Gasteiger partial charge in [-0.3, -0.25) is 0 Å². The number of amides is 1. The van der Waals surface area contributed by atoms with Gasteiger partial charge in [-0.25, -0.2) is 4.79 Å². The van der Waals surface area contributed by atoms with E-state index in [1.165, 1.54) is 0 Å². The average Bonchev–Trinajstić information content (AvgIpc) is 2.45. The van der Waals surface area contributed by atoms with Gasteiger partial charge in [0.05, 0.1) is 18.8 Å². The summed E-state index contributed by atoms with van der Waals surface area (Å²) in [5.74, 6) is 0.361. The fourth-order valence-electron chi connectivity index (χ4n) is 1.78. The molecule has 0 aliphatic carbocycles. The van der Waals surface area contributed by atoms with Crippen LogP contribution in [0.2, 0.25) is 0 Å². The standard InChI is InChI=1S/C10H19NO3/c1-7(2)14-10(13)11-5-4-8(3)9(11)6-12/h7-9,12H,4-6H2,1-3H3. The lowest BCUT2D eigenvalue weighted by Gasteiger charge is -2.25. The molecule has 1 aliphatic heterocycles. The topological polar surface area (TPSA) is 49.8 Å². The zero-order valence-electron chi connectivity index (χ0n) is 9.06. The first kappa shape index (κ1) is 11.3. The Bertz CT molecular complexity index is 206. The van der Waals surface area contributed by atoms with Gasteiger partial charge in [-0.05, 0) is 26.2 Å². The molecule has 1 heterocycles. The van der Waals surface area contributed by atoms with Crippen molar-refractivity contribution in [3.8, 4) is 0 Å². The van der Waals surface area contributed by atoms with Crippen molar-refractivity contribution in [2.75, 3.05) is 13.2 Å². The van der Waals surface area contributed by atoms with Gasteiger partial charge in [-0.1, -0.05) is 6.92 Å². The van der Waals surface area contributed by atoms with Gasteiger partial charge in [0, 0.05) is 6.54 Å². The molecule has 1 aliphatic rings. The second-order valence-corrected chi connectivity index (χ2v) is 4.14. The molecule has 0 radical (unpaired) electrons. The van der Waals surface area contributed by atoms with Crippen LogP contribution in [0.3, 0.4) is 0 Å². The van der Waals surface area contributed by atoms with E-state index in [1.54, 1.807) is 4.90 Å². The molecular formula is C10H19NO3. The molecule has 1 N–H and O–H groups in total. The lowest BCUT2D eigenvalue weighted by atomic mass is 10.0. The summed E-state index contributed by atoms with van der Waals surface area (Å²) in [7, 11) is 0. The lowest BCUT2D eigenvalue weighted by Crippen LogP contribution is -2.40. The fraction of sp³-hybridized carbons (Fsp3) is 0.900. The Morgan fingerprint density at radius 2 is 2.29 bits per heavy atom. The summed E-state index contributed by atoms with van der Waals surface area (Å²) >= 11 is 0. The molecule has 0 aromatic rings. The minimum atomic E-state index is -0.302. The van der Waals surface area contributed by atoms with E-state index in [0.717, 1.165) is 6.42 Å². The number of rotatable bonds is 2. The molecule has 0 aromatic heterocycles. The first-order chi connectivity index (χ1) is 6.56. The highest BCUT2D eigenvalue weighted by Gasteiger charge is 2.34. The van der Waals surface area contributed by atoms with E-state index in [2.05, 4.69) is 0 Å². The van der Waals surface area contributed by atoms with E-state index in [9.17, 15) is 4.79 Å². The minimum Gasteiger partial charge on any atom is -0.447 e. The molecule has 1 amide bonds. The van der Waals surface area contributed by atoms with Gasteiger partial charge < -0.3 is 14.7 Å². The van der Waals surface area contributed by atoms with Crippen molar-refractivity contribution < 1.29 is 14.6 Å². The number of aliphatic hydroxyl groups is 1. The molecule has 0 saturated carbocycles. The average molecular weight is 201 g/mol. The van der Waals surface area contributed by atoms with Crippen LogP contribution in [0, 0.1) is 5.92 Å². The molecule has 2 atom stereocenters. The third-order valence-corrected chi connectivity index (χ3v) is 2.64. The van der Waals surface area contributed by atoms with E-state index in [-0.39, 0.29) is 24.8 Å². The smallest absolute Gasteiger partial charge is 0.410 e. The molecule has 1 saturated heterocycles. The van der Waals surface area contributed by atoms with Gasteiger partial charge in [0.1, 0.15) is 0 Å². The van der Waals surface area contributed by atoms with Crippen LogP contribution in [0.25, 0.3) is 0 Å². The van der Waals surface area contributed by atoms with Crippen LogP contribution in [0.4, 0.5) is 4.79 Å². The predicted octanol–water partition coefficient (Wildman–Crippen LogP) is 1.23. The molecule has 2 unspecified atom stereocenters. The molecule has 14 heavy (non-hydrogen) atoms. The maximum Gasteiger partial charge on any atom is 0.410 e. The molecule has 82 valence electrons. The minimum absolute atomic E-state index is 0.0222. The molecule has 0 aromatic carbocycles. The molecule has 0 bridgehead atoms. The van der Waals surface area contributed by atoms with Gasteiger partial charge in [0.15, 0.2) is 0 Å². The summed E-state index contributed by atoms with van der Waals surface area (Å²) in [6, 6.07) is -0.0683. The maximum absolute atomic E-state index is 11.6. The largest absolute Gasteiger partial charge is 0.447 e. The van der Waals surface area contributed by atoms with E-state index < -0.39 is 0 Å². The lowest BCUT2D eigenvalue weighted by molar-refractivity contribution is 0.0588. The normalized spacial score (nSPS) is 27.1. The number of aliphatic hydroxyl groups excluding tert-OH is 1. The van der Waals surface area contributed by atoms with Crippen LogP contribution in [-0.4, -0.2) is 41.4 Å². The zero-order chi connectivity index (χ0) is 10.7. The molecular weight excluding hydrogens is 182 g/mol. The van der Waals surface area contributed by atoms with Gasteiger partial charge in [-0.15, -0.1) is 0 Å². The predicted molar refractivity (Wildman–Crippen MR) is 53.0 cm³/mol. The summed E-state index contributed by atoms with van der Waals surface area (Å²) in [5.41, 5.74) is 0. The molecule has 1 fully saturated rings. The van der Waals surface area contributed by atoms with Crippen molar-refractivity contribution in [3.05, 3.63) is 0 Å². The summed E-state index contributed by atoms with van der Waals surface area (Å²) in [6.45, 7) is 6.41. The second-order valence-electron chi connectivity index (χ2n) is 4.14. The Morgan fingerprint density at radius 3 is 2.79 bits per heavy atom. The number of nitrogens with zero attached hydrogens (tertiary/aromatic N) is 1. The highest BCUT2D eigenvalue weighted by Crippen LogP contribution is 2.24. The second kappa shape index (κ2) is 4.64. The maximum atomic E-state index is 11.6. The molecule has 4 nitrogen and oxygen atoms in total.